The molecule has 0 bridgehead atoms. The molecule has 0 amide bonds. The second-order valence-corrected chi connectivity index (χ2v) is 7.43. The minimum absolute atomic E-state index is 0.0789. The average Bonchev–Trinajstić information content (AvgIpc) is 3.18. The maximum absolute atomic E-state index is 12.6. The molecule has 0 unspecified atom stereocenters. The van der Waals surface area contributed by atoms with E-state index in [0.717, 1.165) is 39.8 Å². The lowest BCUT2D eigenvalue weighted by molar-refractivity contribution is -0.141. The van der Waals surface area contributed by atoms with Gasteiger partial charge in [0.05, 0.1) is 23.7 Å². The van der Waals surface area contributed by atoms with Gasteiger partial charge in [0, 0.05) is 6.20 Å². The molecular formula is C25H22N4O2. The highest BCUT2D eigenvalue weighted by molar-refractivity contribution is 5.99. The SMILES string of the molecule is CCOC(=O)CN1C(c2ccc(C)cc2)=Cc2cccc3nc(-c4ccccn4)c1n23. The van der Waals surface area contributed by atoms with Gasteiger partial charge in [-0.3, -0.25) is 14.2 Å². The molecule has 0 radical (unpaired) electrons. The van der Waals surface area contributed by atoms with Gasteiger partial charge in [-0.15, -0.1) is 0 Å². The van der Waals surface area contributed by atoms with E-state index in [1.165, 1.54) is 5.56 Å². The number of aryl methyl sites for hydroxylation is 1. The number of benzene rings is 1. The fourth-order valence-corrected chi connectivity index (χ4v) is 3.93. The molecule has 0 saturated carbocycles. The van der Waals surface area contributed by atoms with Crippen molar-refractivity contribution in [1.29, 1.82) is 0 Å². The van der Waals surface area contributed by atoms with E-state index in [1.54, 1.807) is 6.20 Å². The molecule has 0 N–H and O–H groups in total. The smallest absolute Gasteiger partial charge is 0.326 e. The highest BCUT2D eigenvalue weighted by atomic mass is 16.5. The van der Waals surface area contributed by atoms with Crippen LogP contribution in [0.1, 0.15) is 23.7 Å². The molecule has 1 aliphatic rings. The quantitative estimate of drug-likeness (QED) is 0.451. The van der Waals surface area contributed by atoms with Crippen LogP contribution < -0.4 is 4.90 Å². The van der Waals surface area contributed by atoms with E-state index in [9.17, 15) is 4.79 Å². The molecule has 3 aromatic heterocycles. The lowest BCUT2D eigenvalue weighted by Crippen LogP contribution is -2.33. The van der Waals surface area contributed by atoms with Gasteiger partial charge in [0.15, 0.2) is 0 Å². The Balaban J connectivity index is 1.75. The number of carbonyl (C=O) groups excluding carboxylic acids is 1. The number of ether oxygens (including phenoxy) is 1. The number of rotatable bonds is 5. The molecule has 0 spiro atoms. The molecule has 1 aliphatic heterocycles. The van der Waals surface area contributed by atoms with Gasteiger partial charge in [-0.1, -0.05) is 42.0 Å². The van der Waals surface area contributed by atoms with Crippen LogP contribution in [0.25, 0.3) is 28.8 Å². The standard InChI is InChI=1S/C25H22N4O2/c1-3-31-23(30)16-28-21(18-12-10-17(2)11-13-18)15-19-7-6-9-22-27-24(25(28)29(19)22)20-8-4-5-14-26-20/h4-15H,3,16H2,1-2H3. The van der Waals surface area contributed by atoms with Gasteiger partial charge in [-0.05, 0) is 49.8 Å². The molecule has 31 heavy (non-hydrogen) atoms. The molecule has 5 rings (SSSR count). The number of imidazole rings is 1. The number of carbonyl (C=O) groups is 1. The van der Waals surface area contributed by atoms with Crippen molar-refractivity contribution in [2.24, 2.45) is 0 Å². The Morgan fingerprint density at radius 3 is 2.61 bits per heavy atom. The van der Waals surface area contributed by atoms with Crippen LogP contribution in [0, 0.1) is 6.92 Å². The Kier molecular flexibility index (Phi) is 4.75. The second kappa shape index (κ2) is 7.72. The zero-order valence-corrected chi connectivity index (χ0v) is 17.4. The van der Waals surface area contributed by atoms with Crippen molar-refractivity contribution in [2.45, 2.75) is 13.8 Å². The van der Waals surface area contributed by atoms with Crippen LogP contribution >= 0.6 is 0 Å². The van der Waals surface area contributed by atoms with Crippen LogP contribution in [0.15, 0.2) is 66.9 Å². The highest BCUT2D eigenvalue weighted by Crippen LogP contribution is 2.40. The topological polar surface area (TPSA) is 59.7 Å². The molecule has 4 aromatic rings. The summed E-state index contributed by atoms with van der Waals surface area (Å²) in [5, 5.41) is 0. The molecule has 154 valence electrons. The van der Waals surface area contributed by atoms with Crippen LogP contribution in [0.2, 0.25) is 0 Å². The average molecular weight is 410 g/mol. The summed E-state index contributed by atoms with van der Waals surface area (Å²) in [6.07, 6.45) is 3.84. The van der Waals surface area contributed by atoms with Gasteiger partial charge in [-0.25, -0.2) is 4.98 Å². The number of esters is 1. The highest BCUT2D eigenvalue weighted by Gasteiger charge is 2.30. The van der Waals surface area contributed by atoms with E-state index in [0.29, 0.717) is 6.61 Å². The number of nitrogens with zero attached hydrogens (tertiary/aromatic N) is 4. The van der Waals surface area contributed by atoms with Crippen LogP contribution in [-0.4, -0.2) is 33.5 Å². The van der Waals surface area contributed by atoms with Crippen molar-refractivity contribution in [3.05, 3.63) is 83.7 Å². The summed E-state index contributed by atoms with van der Waals surface area (Å²) >= 11 is 0. The van der Waals surface area contributed by atoms with E-state index >= 15 is 0 Å². The number of hydrogen-bond acceptors (Lipinski definition) is 5. The molecule has 4 heterocycles. The second-order valence-electron chi connectivity index (χ2n) is 7.43. The molecule has 0 saturated heterocycles. The maximum atomic E-state index is 12.6. The summed E-state index contributed by atoms with van der Waals surface area (Å²) < 4.78 is 7.37. The molecule has 0 atom stereocenters. The van der Waals surface area contributed by atoms with E-state index in [1.807, 2.05) is 42.2 Å². The van der Waals surface area contributed by atoms with Crippen LogP contribution in [0.3, 0.4) is 0 Å². The summed E-state index contributed by atoms with van der Waals surface area (Å²) in [6.45, 7) is 4.29. The van der Waals surface area contributed by atoms with E-state index in [-0.39, 0.29) is 12.5 Å². The Morgan fingerprint density at radius 2 is 1.87 bits per heavy atom. The number of hydrogen-bond donors (Lipinski definition) is 0. The minimum Gasteiger partial charge on any atom is -0.465 e. The van der Waals surface area contributed by atoms with Gasteiger partial charge in [-0.2, -0.15) is 0 Å². The monoisotopic (exact) mass is 410 g/mol. The number of pyridine rings is 2. The first-order chi connectivity index (χ1) is 15.2. The Bertz CT molecular complexity index is 1290. The first-order valence-electron chi connectivity index (χ1n) is 10.3. The van der Waals surface area contributed by atoms with Gasteiger partial charge < -0.3 is 9.64 Å². The lowest BCUT2D eigenvalue weighted by Gasteiger charge is -2.31. The zero-order valence-electron chi connectivity index (χ0n) is 17.4. The van der Waals surface area contributed by atoms with Crippen LogP contribution in [0.4, 0.5) is 5.82 Å². The predicted octanol–water partition coefficient (Wildman–Crippen LogP) is 4.59. The number of aromatic nitrogens is 3. The van der Waals surface area contributed by atoms with Crippen molar-refractivity contribution in [1.82, 2.24) is 14.4 Å². The Morgan fingerprint density at radius 1 is 1.03 bits per heavy atom. The Labute approximate surface area is 180 Å². The van der Waals surface area contributed by atoms with Gasteiger partial charge in [0.2, 0.25) is 0 Å². The van der Waals surface area contributed by atoms with Gasteiger partial charge in [0.25, 0.3) is 0 Å². The maximum Gasteiger partial charge on any atom is 0.326 e. The summed E-state index contributed by atoms with van der Waals surface area (Å²) in [6, 6.07) is 20.1. The van der Waals surface area contributed by atoms with Crippen molar-refractivity contribution >= 4 is 29.2 Å². The largest absolute Gasteiger partial charge is 0.465 e. The molecule has 6 heteroatoms. The van der Waals surface area contributed by atoms with Crippen LogP contribution in [-0.2, 0) is 9.53 Å². The fourth-order valence-electron chi connectivity index (χ4n) is 3.93. The van der Waals surface area contributed by atoms with E-state index in [4.69, 9.17) is 9.72 Å². The third-order valence-corrected chi connectivity index (χ3v) is 5.33. The third kappa shape index (κ3) is 3.36. The van der Waals surface area contributed by atoms with E-state index in [2.05, 4.69) is 52.7 Å². The summed E-state index contributed by atoms with van der Waals surface area (Å²) in [7, 11) is 0. The normalized spacial score (nSPS) is 12.7. The van der Waals surface area contributed by atoms with Crippen molar-refractivity contribution in [3.63, 3.8) is 0 Å². The van der Waals surface area contributed by atoms with Gasteiger partial charge >= 0.3 is 5.97 Å². The fraction of sp³-hybridized carbons (Fsp3) is 0.160. The van der Waals surface area contributed by atoms with Crippen LogP contribution in [0.5, 0.6) is 0 Å². The minimum atomic E-state index is -0.290. The van der Waals surface area contributed by atoms with E-state index < -0.39 is 0 Å². The third-order valence-electron chi connectivity index (χ3n) is 5.33. The molecule has 1 aromatic carbocycles. The molecule has 0 fully saturated rings. The first kappa shape index (κ1) is 19.1. The number of anilines is 1. The van der Waals surface area contributed by atoms with Crippen molar-refractivity contribution in [3.8, 4) is 11.4 Å². The molecular weight excluding hydrogens is 388 g/mol. The Hall–Kier alpha value is -3.93. The summed E-state index contributed by atoms with van der Waals surface area (Å²) in [5.41, 5.74) is 6.41. The summed E-state index contributed by atoms with van der Waals surface area (Å²) in [5.74, 6) is 0.525. The zero-order chi connectivity index (χ0) is 21.4. The first-order valence-corrected chi connectivity index (χ1v) is 10.3. The van der Waals surface area contributed by atoms with Gasteiger partial charge in [0.1, 0.15) is 23.7 Å². The lowest BCUT2D eigenvalue weighted by atomic mass is 10.0. The van der Waals surface area contributed by atoms with Crippen molar-refractivity contribution in [2.75, 3.05) is 18.1 Å². The predicted molar refractivity (Wildman–Crippen MR) is 121 cm³/mol. The summed E-state index contributed by atoms with van der Waals surface area (Å²) in [4.78, 5) is 24.0. The van der Waals surface area contributed by atoms with Crippen molar-refractivity contribution < 1.29 is 9.53 Å². The molecule has 6 nitrogen and oxygen atoms in total. The molecule has 0 aliphatic carbocycles.